The molecule has 1 N–H and O–H groups in total. The number of nitrogens with one attached hydrogen (secondary N) is 1. The SMILES string of the molecule is CC(=O)Nc1ccc(N=Cc2ccc(OC(=O)c3ccccc3)cc2)cc1. The summed E-state index contributed by atoms with van der Waals surface area (Å²) in [6.07, 6.45) is 1.72. The molecule has 0 radical (unpaired) electrons. The van der Waals surface area contributed by atoms with E-state index < -0.39 is 5.97 Å². The monoisotopic (exact) mass is 358 g/mol. The fourth-order valence-electron chi connectivity index (χ4n) is 2.35. The lowest BCUT2D eigenvalue weighted by molar-refractivity contribution is -0.114. The number of nitrogens with zero attached hydrogens (tertiary/aromatic N) is 1. The van der Waals surface area contributed by atoms with Gasteiger partial charge < -0.3 is 10.1 Å². The van der Waals surface area contributed by atoms with Gasteiger partial charge in [0.15, 0.2) is 0 Å². The first-order chi connectivity index (χ1) is 13.1. The van der Waals surface area contributed by atoms with Crippen LogP contribution in [0.2, 0.25) is 0 Å². The molecule has 3 aromatic rings. The summed E-state index contributed by atoms with van der Waals surface area (Å²) in [5.41, 5.74) is 2.88. The van der Waals surface area contributed by atoms with Crippen LogP contribution in [0.4, 0.5) is 11.4 Å². The van der Waals surface area contributed by atoms with Crippen LogP contribution < -0.4 is 10.1 Å². The molecular weight excluding hydrogens is 340 g/mol. The van der Waals surface area contributed by atoms with Gasteiger partial charge in [-0.1, -0.05) is 18.2 Å². The van der Waals surface area contributed by atoms with E-state index in [4.69, 9.17) is 4.74 Å². The number of esters is 1. The molecule has 1 amide bonds. The average Bonchev–Trinajstić information content (AvgIpc) is 2.69. The van der Waals surface area contributed by atoms with E-state index in [9.17, 15) is 9.59 Å². The molecule has 0 saturated carbocycles. The van der Waals surface area contributed by atoms with E-state index in [-0.39, 0.29) is 5.91 Å². The summed E-state index contributed by atoms with van der Waals surface area (Å²) < 4.78 is 5.35. The minimum absolute atomic E-state index is 0.112. The molecule has 0 saturated heterocycles. The highest BCUT2D eigenvalue weighted by atomic mass is 16.5. The van der Waals surface area contributed by atoms with Gasteiger partial charge >= 0.3 is 5.97 Å². The summed E-state index contributed by atoms with van der Waals surface area (Å²) in [4.78, 5) is 27.4. The Morgan fingerprint density at radius 1 is 0.889 bits per heavy atom. The predicted octanol–water partition coefficient (Wildman–Crippen LogP) is 4.61. The largest absolute Gasteiger partial charge is 0.423 e. The number of aliphatic imine (C=N–C) groups is 1. The first-order valence-corrected chi connectivity index (χ1v) is 8.39. The summed E-state index contributed by atoms with van der Waals surface area (Å²) in [5, 5.41) is 2.71. The lowest BCUT2D eigenvalue weighted by Crippen LogP contribution is -2.07. The highest BCUT2D eigenvalue weighted by molar-refractivity contribution is 5.91. The van der Waals surface area contributed by atoms with Crippen molar-refractivity contribution in [2.24, 2.45) is 4.99 Å². The summed E-state index contributed by atoms with van der Waals surface area (Å²) in [6.45, 7) is 1.47. The van der Waals surface area contributed by atoms with Crippen LogP contribution in [0, 0.1) is 0 Å². The normalized spacial score (nSPS) is 10.6. The van der Waals surface area contributed by atoms with E-state index in [0.717, 1.165) is 16.9 Å². The fraction of sp³-hybridized carbons (Fsp3) is 0.0455. The third-order valence-electron chi connectivity index (χ3n) is 3.65. The van der Waals surface area contributed by atoms with Crippen molar-refractivity contribution in [1.82, 2.24) is 0 Å². The van der Waals surface area contributed by atoms with E-state index in [1.54, 1.807) is 54.7 Å². The van der Waals surface area contributed by atoms with Crippen LogP contribution in [0.1, 0.15) is 22.8 Å². The Morgan fingerprint density at radius 2 is 1.56 bits per heavy atom. The van der Waals surface area contributed by atoms with Crippen LogP contribution in [-0.4, -0.2) is 18.1 Å². The molecule has 0 atom stereocenters. The van der Waals surface area contributed by atoms with Crippen LogP contribution >= 0.6 is 0 Å². The molecule has 0 bridgehead atoms. The lowest BCUT2D eigenvalue weighted by Gasteiger charge is -2.04. The van der Waals surface area contributed by atoms with E-state index in [0.29, 0.717) is 11.3 Å². The Bertz CT molecular complexity index is 947. The van der Waals surface area contributed by atoms with E-state index in [2.05, 4.69) is 10.3 Å². The third-order valence-corrected chi connectivity index (χ3v) is 3.65. The number of carbonyl (C=O) groups excluding carboxylic acids is 2. The number of rotatable bonds is 5. The second kappa shape index (κ2) is 8.58. The zero-order valence-corrected chi connectivity index (χ0v) is 14.8. The van der Waals surface area contributed by atoms with Crippen molar-refractivity contribution in [3.8, 4) is 5.75 Å². The Kier molecular flexibility index (Phi) is 5.74. The van der Waals surface area contributed by atoms with Crippen LogP contribution in [0.25, 0.3) is 0 Å². The Balaban J connectivity index is 1.61. The maximum atomic E-state index is 12.0. The molecule has 0 aliphatic heterocycles. The average molecular weight is 358 g/mol. The van der Waals surface area contributed by atoms with Gasteiger partial charge in [0.05, 0.1) is 11.3 Å². The van der Waals surface area contributed by atoms with Crippen molar-refractivity contribution in [3.05, 3.63) is 90.0 Å². The Morgan fingerprint density at radius 3 is 2.19 bits per heavy atom. The predicted molar refractivity (Wildman–Crippen MR) is 106 cm³/mol. The fourth-order valence-corrected chi connectivity index (χ4v) is 2.35. The maximum absolute atomic E-state index is 12.0. The molecule has 134 valence electrons. The van der Waals surface area contributed by atoms with Gasteiger partial charge in [-0.25, -0.2) is 4.79 Å². The summed E-state index contributed by atoms with van der Waals surface area (Å²) in [5.74, 6) is -0.0313. The molecule has 0 aliphatic rings. The second-order valence-electron chi connectivity index (χ2n) is 5.81. The molecule has 5 nitrogen and oxygen atoms in total. The minimum Gasteiger partial charge on any atom is -0.423 e. The molecule has 0 unspecified atom stereocenters. The quantitative estimate of drug-likeness (QED) is 0.411. The summed E-state index contributed by atoms with van der Waals surface area (Å²) in [7, 11) is 0. The van der Waals surface area contributed by atoms with Crippen molar-refractivity contribution in [1.29, 1.82) is 0 Å². The molecule has 0 spiro atoms. The summed E-state index contributed by atoms with van der Waals surface area (Å²) >= 11 is 0. The highest BCUT2D eigenvalue weighted by Crippen LogP contribution is 2.17. The van der Waals surface area contributed by atoms with Crippen molar-refractivity contribution in [3.63, 3.8) is 0 Å². The van der Waals surface area contributed by atoms with Crippen molar-refractivity contribution in [2.45, 2.75) is 6.92 Å². The zero-order chi connectivity index (χ0) is 19.1. The van der Waals surface area contributed by atoms with Gasteiger partial charge in [-0.2, -0.15) is 0 Å². The molecule has 0 heterocycles. The first kappa shape index (κ1) is 18.1. The maximum Gasteiger partial charge on any atom is 0.343 e. The molecule has 0 aromatic heterocycles. The van der Waals surface area contributed by atoms with Crippen LogP contribution in [-0.2, 0) is 4.79 Å². The first-order valence-electron chi connectivity index (χ1n) is 8.39. The standard InChI is InChI=1S/C22H18N2O3/c1-16(25)24-20-11-9-19(10-12-20)23-15-17-7-13-21(14-8-17)27-22(26)18-5-3-2-4-6-18/h2-15H,1H3,(H,24,25). The van der Waals surface area contributed by atoms with Crippen LogP contribution in [0.5, 0.6) is 5.75 Å². The van der Waals surface area contributed by atoms with E-state index >= 15 is 0 Å². The van der Waals surface area contributed by atoms with Crippen molar-refractivity contribution in [2.75, 3.05) is 5.32 Å². The van der Waals surface area contributed by atoms with Gasteiger partial charge in [0.2, 0.25) is 5.91 Å². The van der Waals surface area contributed by atoms with Crippen molar-refractivity contribution >= 4 is 29.5 Å². The molecule has 0 fully saturated rings. The molecule has 3 aromatic carbocycles. The third kappa shape index (κ3) is 5.37. The van der Waals surface area contributed by atoms with Gasteiger partial charge in [0.25, 0.3) is 0 Å². The zero-order valence-electron chi connectivity index (χ0n) is 14.8. The van der Waals surface area contributed by atoms with Crippen LogP contribution in [0.15, 0.2) is 83.9 Å². The molecule has 3 rings (SSSR count). The number of amides is 1. The van der Waals surface area contributed by atoms with Gasteiger partial charge in [-0.3, -0.25) is 9.79 Å². The lowest BCUT2D eigenvalue weighted by atomic mass is 10.2. The van der Waals surface area contributed by atoms with Gasteiger partial charge in [0.1, 0.15) is 5.75 Å². The number of ether oxygens (including phenoxy) is 1. The van der Waals surface area contributed by atoms with E-state index in [1.807, 2.05) is 30.3 Å². The highest BCUT2D eigenvalue weighted by Gasteiger charge is 2.07. The number of anilines is 1. The minimum atomic E-state index is -0.392. The Hall–Kier alpha value is -3.73. The second-order valence-corrected chi connectivity index (χ2v) is 5.81. The summed E-state index contributed by atoms with van der Waals surface area (Å²) in [6, 6.07) is 23.2. The number of hydrogen-bond acceptors (Lipinski definition) is 4. The van der Waals surface area contributed by atoms with Crippen LogP contribution in [0.3, 0.4) is 0 Å². The number of benzene rings is 3. The molecule has 27 heavy (non-hydrogen) atoms. The van der Waals surface area contributed by atoms with Gasteiger partial charge in [0, 0.05) is 18.8 Å². The smallest absolute Gasteiger partial charge is 0.343 e. The van der Waals surface area contributed by atoms with Gasteiger partial charge in [-0.15, -0.1) is 0 Å². The molecule has 5 heteroatoms. The topological polar surface area (TPSA) is 67.8 Å². The van der Waals surface area contributed by atoms with Crippen molar-refractivity contribution < 1.29 is 14.3 Å². The molecular formula is C22H18N2O3. The number of carbonyl (C=O) groups is 2. The van der Waals surface area contributed by atoms with Gasteiger partial charge in [-0.05, 0) is 66.2 Å². The van der Waals surface area contributed by atoms with E-state index in [1.165, 1.54) is 6.92 Å². The Labute approximate surface area is 157 Å². The number of hydrogen-bond donors (Lipinski definition) is 1. The molecule has 0 aliphatic carbocycles.